The van der Waals surface area contributed by atoms with Crippen LogP contribution < -0.4 is 0 Å². The van der Waals surface area contributed by atoms with Crippen molar-refractivity contribution in [3.05, 3.63) is 30.0 Å². The van der Waals surface area contributed by atoms with Crippen molar-refractivity contribution in [3.63, 3.8) is 0 Å². The summed E-state index contributed by atoms with van der Waals surface area (Å²) in [6, 6.07) is 6.14. The topological polar surface area (TPSA) is 52.2 Å². The van der Waals surface area contributed by atoms with E-state index in [-0.39, 0.29) is 5.91 Å². The Labute approximate surface area is 118 Å². The molecule has 0 spiro atoms. The van der Waals surface area contributed by atoms with Gasteiger partial charge in [-0.15, -0.1) is 0 Å². The zero-order valence-corrected chi connectivity index (χ0v) is 12.0. The van der Waals surface area contributed by atoms with Gasteiger partial charge in [-0.3, -0.25) is 14.8 Å². The van der Waals surface area contributed by atoms with Crippen LogP contribution in [0.5, 0.6) is 0 Å². The summed E-state index contributed by atoms with van der Waals surface area (Å²) in [5.41, 5.74) is 1.65. The fraction of sp³-hybridized carbons (Fsp3) is 0.467. The first-order chi connectivity index (χ1) is 9.69. The number of H-pyrrole nitrogens is 1. The molecular formula is C15H20N4O. The van der Waals surface area contributed by atoms with Gasteiger partial charge in [0, 0.05) is 36.6 Å². The SMILES string of the molecule is CCN1CCN(C(=O)c2ccc3cn[nH]c3c2)CC1C. The molecule has 1 aliphatic heterocycles. The molecule has 1 saturated heterocycles. The second-order valence-electron chi connectivity index (χ2n) is 5.40. The Balaban J connectivity index is 1.78. The van der Waals surface area contributed by atoms with Gasteiger partial charge in [0.15, 0.2) is 0 Å². The molecule has 106 valence electrons. The second kappa shape index (κ2) is 5.25. The van der Waals surface area contributed by atoms with Crippen molar-refractivity contribution in [1.29, 1.82) is 0 Å². The number of benzene rings is 1. The average Bonchev–Trinajstić information content (AvgIpc) is 2.93. The number of fused-ring (bicyclic) bond motifs is 1. The number of amides is 1. The molecule has 0 saturated carbocycles. The molecule has 1 fully saturated rings. The number of rotatable bonds is 2. The van der Waals surface area contributed by atoms with Gasteiger partial charge in [0.2, 0.25) is 0 Å². The van der Waals surface area contributed by atoms with Gasteiger partial charge in [0.1, 0.15) is 0 Å². The minimum absolute atomic E-state index is 0.115. The van der Waals surface area contributed by atoms with Crippen LogP contribution in [0.2, 0.25) is 0 Å². The van der Waals surface area contributed by atoms with Gasteiger partial charge in [-0.2, -0.15) is 5.10 Å². The van der Waals surface area contributed by atoms with E-state index in [1.165, 1.54) is 0 Å². The number of nitrogens with zero attached hydrogens (tertiary/aromatic N) is 3. The second-order valence-corrected chi connectivity index (χ2v) is 5.40. The average molecular weight is 272 g/mol. The maximum Gasteiger partial charge on any atom is 0.254 e. The Morgan fingerprint density at radius 2 is 2.30 bits per heavy atom. The lowest BCUT2D eigenvalue weighted by atomic mass is 10.1. The van der Waals surface area contributed by atoms with Crippen molar-refractivity contribution in [3.8, 4) is 0 Å². The molecule has 1 aliphatic rings. The summed E-state index contributed by atoms with van der Waals surface area (Å²) in [5.74, 6) is 0.115. The summed E-state index contributed by atoms with van der Waals surface area (Å²) in [7, 11) is 0. The van der Waals surface area contributed by atoms with Crippen molar-refractivity contribution >= 4 is 16.8 Å². The van der Waals surface area contributed by atoms with Crippen molar-refractivity contribution in [2.45, 2.75) is 19.9 Å². The maximum atomic E-state index is 12.6. The maximum absolute atomic E-state index is 12.6. The van der Waals surface area contributed by atoms with Crippen LogP contribution in [0.3, 0.4) is 0 Å². The molecule has 1 atom stereocenters. The Hall–Kier alpha value is -1.88. The number of hydrogen-bond donors (Lipinski definition) is 1. The third kappa shape index (κ3) is 2.29. The fourth-order valence-corrected chi connectivity index (χ4v) is 2.90. The first kappa shape index (κ1) is 13.1. The molecule has 1 aromatic heterocycles. The van der Waals surface area contributed by atoms with Gasteiger partial charge >= 0.3 is 0 Å². The highest BCUT2D eigenvalue weighted by Crippen LogP contribution is 2.17. The minimum Gasteiger partial charge on any atom is -0.336 e. The van der Waals surface area contributed by atoms with E-state index in [0.29, 0.717) is 6.04 Å². The van der Waals surface area contributed by atoms with Crippen molar-refractivity contribution in [1.82, 2.24) is 20.0 Å². The molecule has 0 radical (unpaired) electrons. The smallest absolute Gasteiger partial charge is 0.254 e. The third-order valence-corrected chi connectivity index (χ3v) is 4.15. The van der Waals surface area contributed by atoms with Crippen LogP contribution in [0.1, 0.15) is 24.2 Å². The molecular weight excluding hydrogens is 252 g/mol. The summed E-state index contributed by atoms with van der Waals surface area (Å²) < 4.78 is 0. The van der Waals surface area contributed by atoms with Crippen molar-refractivity contribution in [2.24, 2.45) is 0 Å². The lowest BCUT2D eigenvalue weighted by molar-refractivity contribution is 0.0528. The number of nitrogens with one attached hydrogen (secondary N) is 1. The van der Waals surface area contributed by atoms with E-state index >= 15 is 0 Å². The molecule has 5 nitrogen and oxygen atoms in total. The molecule has 2 heterocycles. The predicted molar refractivity (Wildman–Crippen MR) is 78.7 cm³/mol. The lowest BCUT2D eigenvalue weighted by Crippen LogP contribution is -2.53. The summed E-state index contributed by atoms with van der Waals surface area (Å²) in [6.45, 7) is 7.95. The zero-order chi connectivity index (χ0) is 14.1. The molecule has 1 aromatic carbocycles. The van der Waals surface area contributed by atoms with Crippen molar-refractivity contribution in [2.75, 3.05) is 26.2 Å². The number of likely N-dealkylation sites (N-methyl/N-ethyl adjacent to an activating group) is 1. The van der Waals surface area contributed by atoms with Crippen LogP contribution in [0.25, 0.3) is 10.9 Å². The summed E-state index contributed by atoms with van der Waals surface area (Å²) in [6.07, 6.45) is 1.77. The monoisotopic (exact) mass is 272 g/mol. The van der Waals surface area contributed by atoms with Crippen LogP contribution in [0.4, 0.5) is 0 Å². The number of aromatic nitrogens is 2. The van der Waals surface area contributed by atoms with E-state index < -0.39 is 0 Å². The highest BCUT2D eigenvalue weighted by Gasteiger charge is 2.26. The van der Waals surface area contributed by atoms with Gasteiger partial charge in [-0.25, -0.2) is 0 Å². The Morgan fingerprint density at radius 3 is 3.05 bits per heavy atom. The summed E-state index contributed by atoms with van der Waals surface area (Å²) >= 11 is 0. The fourth-order valence-electron chi connectivity index (χ4n) is 2.90. The Bertz CT molecular complexity index is 621. The molecule has 3 rings (SSSR count). The number of carbonyl (C=O) groups is 1. The normalized spacial score (nSPS) is 20.5. The quantitative estimate of drug-likeness (QED) is 0.906. The van der Waals surface area contributed by atoms with Crippen molar-refractivity contribution < 1.29 is 4.79 Å². The van der Waals surface area contributed by atoms with Gasteiger partial charge in [-0.05, 0) is 25.6 Å². The van der Waals surface area contributed by atoms with E-state index in [9.17, 15) is 4.79 Å². The van der Waals surface area contributed by atoms with Gasteiger partial charge < -0.3 is 4.90 Å². The third-order valence-electron chi connectivity index (χ3n) is 4.15. The molecule has 2 aromatic rings. The van der Waals surface area contributed by atoms with Gasteiger partial charge in [0.05, 0.1) is 11.7 Å². The number of carbonyl (C=O) groups excluding carboxylic acids is 1. The largest absolute Gasteiger partial charge is 0.336 e. The van der Waals surface area contributed by atoms with Crippen LogP contribution >= 0.6 is 0 Å². The molecule has 1 unspecified atom stereocenters. The Kier molecular flexibility index (Phi) is 3.44. The van der Waals surface area contributed by atoms with E-state index in [0.717, 1.165) is 42.6 Å². The number of aromatic amines is 1. The van der Waals surface area contributed by atoms with E-state index in [1.54, 1.807) is 6.20 Å². The molecule has 0 bridgehead atoms. The predicted octanol–water partition coefficient (Wildman–Crippen LogP) is 1.73. The van der Waals surface area contributed by atoms with Crippen LogP contribution in [-0.4, -0.2) is 58.1 Å². The zero-order valence-electron chi connectivity index (χ0n) is 12.0. The lowest BCUT2D eigenvalue weighted by Gasteiger charge is -2.39. The van der Waals surface area contributed by atoms with Gasteiger partial charge in [0.25, 0.3) is 5.91 Å². The molecule has 1 N–H and O–H groups in total. The molecule has 20 heavy (non-hydrogen) atoms. The first-order valence-corrected chi connectivity index (χ1v) is 7.15. The molecule has 1 amide bonds. The standard InChI is InChI=1S/C15H20N4O/c1-3-18-6-7-19(10-11(18)2)15(20)12-4-5-13-9-16-17-14(13)8-12/h4-5,8-9,11H,3,6-7,10H2,1-2H3,(H,16,17). The summed E-state index contributed by atoms with van der Waals surface area (Å²) in [5, 5.41) is 7.94. The highest BCUT2D eigenvalue weighted by molar-refractivity contribution is 5.97. The Morgan fingerprint density at radius 1 is 1.45 bits per heavy atom. The van der Waals surface area contributed by atoms with Crippen LogP contribution in [-0.2, 0) is 0 Å². The highest BCUT2D eigenvalue weighted by atomic mass is 16.2. The van der Waals surface area contributed by atoms with E-state index in [4.69, 9.17) is 0 Å². The summed E-state index contributed by atoms with van der Waals surface area (Å²) in [4.78, 5) is 16.9. The number of hydrogen-bond acceptors (Lipinski definition) is 3. The minimum atomic E-state index is 0.115. The number of piperazine rings is 1. The van der Waals surface area contributed by atoms with E-state index in [1.807, 2.05) is 23.1 Å². The van der Waals surface area contributed by atoms with Crippen LogP contribution in [0, 0.1) is 0 Å². The first-order valence-electron chi connectivity index (χ1n) is 7.15. The molecule has 5 heteroatoms. The van der Waals surface area contributed by atoms with Gasteiger partial charge in [-0.1, -0.05) is 13.0 Å². The molecule has 0 aliphatic carbocycles. The van der Waals surface area contributed by atoms with Crippen LogP contribution in [0.15, 0.2) is 24.4 Å². The van der Waals surface area contributed by atoms with E-state index in [2.05, 4.69) is 28.9 Å².